The Bertz CT molecular complexity index is 588. The van der Waals surface area contributed by atoms with Crippen molar-refractivity contribution in [3.8, 4) is 0 Å². The van der Waals surface area contributed by atoms with Crippen LogP contribution in [-0.4, -0.2) is 28.9 Å². The Kier molecular flexibility index (Phi) is 5.47. The molecule has 2 aromatic rings. The lowest BCUT2D eigenvalue weighted by Crippen LogP contribution is -2.22. The Labute approximate surface area is 129 Å². The largest absolute Gasteiger partial charge is 0.300 e. The second kappa shape index (κ2) is 7.33. The third-order valence-corrected chi connectivity index (χ3v) is 4.23. The zero-order valence-electron chi connectivity index (χ0n) is 12.7. The van der Waals surface area contributed by atoms with Crippen LogP contribution in [0.5, 0.6) is 0 Å². The van der Waals surface area contributed by atoms with Crippen LogP contribution in [0.4, 0.5) is 5.13 Å². The number of carbonyl (C=O) groups is 1. The molecule has 0 bridgehead atoms. The standard InChI is InChI=1S/C16H21N3OS/c1-4-19(5-2)10-13-6-8-14(9-7-13)15(20)18-16-17-12(3)11-21-16/h6-9,11H,4-5,10H2,1-3H3,(H,17,18,20). The van der Waals surface area contributed by atoms with Crippen molar-refractivity contribution in [3.05, 3.63) is 46.5 Å². The second-order valence-corrected chi connectivity index (χ2v) is 5.76. The van der Waals surface area contributed by atoms with Gasteiger partial charge in [-0.2, -0.15) is 0 Å². The van der Waals surface area contributed by atoms with E-state index < -0.39 is 0 Å². The van der Waals surface area contributed by atoms with Crippen LogP contribution < -0.4 is 5.32 Å². The monoisotopic (exact) mass is 303 g/mol. The number of aromatic nitrogens is 1. The number of hydrogen-bond donors (Lipinski definition) is 1. The Hall–Kier alpha value is -1.72. The molecule has 0 radical (unpaired) electrons. The predicted molar refractivity (Wildman–Crippen MR) is 87.9 cm³/mol. The fraction of sp³-hybridized carbons (Fsp3) is 0.375. The first-order chi connectivity index (χ1) is 10.1. The highest BCUT2D eigenvalue weighted by atomic mass is 32.1. The number of nitrogens with one attached hydrogen (secondary N) is 1. The van der Waals surface area contributed by atoms with E-state index in [4.69, 9.17) is 0 Å². The van der Waals surface area contributed by atoms with E-state index in [1.54, 1.807) is 0 Å². The Morgan fingerprint density at radius 1 is 1.24 bits per heavy atom. The Balaban J connectivity index is 1.99. The van der Waals surface area contributed by atoms with Crippen molar-refractivity contribution in [2.75, 3.05) is 18.4 Å². The number of thiazole rings is 1. The van der Waals surface area contributed by atoms with Crippen LogP contribution in [0.3, 0.4) is 0 Å². The lowest BCUT2D eigenvalue weighted by molar-refractivity contribution is 0.102. The number of anilines is 1. The minimum atomic E-state index is -0.112. The lowest BCUT2D eigenvalue weighted by Gasteiger charge is -2.17. The van der Waals surface area contributed by atoms with Crippen LogP contribution in [0.2, 0.25) is 0 Å². The number of rotatable bonds is 6. The topological polar surface area (TPSA) is 45.2 Å². The van der Waals surface area contributed by atoms with Crippen molar-refractivity contribution < 1.29 is 4.79 Å². The fourth-order valence-corrected chi connectivity index (χ4v) is 2.73. The van der Waals surface area contributed by atoms with Crippen molar-refractivity contribution in [1.29, 1.82) is 0 Å². The number of hydrogen-bond acceptors (Lipinski definition) is 4. The van der Waals surface area contributed by atoms with Crippen LogP contribution in [-0.2, 0) is 6.54 Å². The van der Waals surface area contributed by atoms with Gasteiger partial charge < -0.3 is 0 Å². The first-order valence-corrected chi connectivity index (χ1v) is 8.05. The Morgan fingerprint density at radius 2 is 1.90 bits per heavy atom. The summed E-state index contributed by atoms with van der Waals surface area (Å²) in [6.07, 6.45) is 0. The van der Waals surface area contributed by atoms with Gasteiger partial charge in [0, 0.05) is 17.5 Å². The first-order valence-electron chi connectivity index (χ1n) is 7.17. The van der Waals surface area contributed by atoms with Crippen LogP contribution in [0.15, 0.2) is 29.6 Å². The third-order valence-electron chi connectivity index (χ3n) is 3.36. The molecule has 1 N–H and O–H groups in total. The molecule has 0 atom stereocenters. The van der Waals surface area contributed by atoms with Crippen LogP contribution in [0.25, 0.3) is 0 Å². The van der Waals surface area contributed by atoms with E-state index >= 15 is 0 Å². The van der Waals surface area contributed by atoms with Gasteiger partial charge in [-0.05, 0) is 37.7 Å². The molecule has 0 aliphatic carbocycles. The van der Waals surface area contributed by atoms with Crippen LogP contribution in [0, 0.1) is 6.92 Å². The average Bonchev–Trinajstić information content (AvgIpc) is 2.90. The van der Waals surface area contributed by atoms with E-state index in [1.807, 2.05) is 36.6 Å². The van der Waals surface area contributed by atoms with Gasteiger partial charge in [-0.15, -0.1) is 11.3 Å². The van der Waals surface area contributed by atoms with Gasteiger partial charge in [0.15, 0.2) is 5.13 Å². The molecule has 1 aromatic carbocycles. The van der Waals surface area contributed by atoms with Crippen molar-refractivity contribution in [1.82, 2.24) is 9.88 Å². The molecule has 1 amide bonds. The molecule has 1 aromatic heterocycles. The molecule has 0 fully saturated rings. The normalized spacial score (nSPS) is 10.9. The summed E-state index contributed by atoms with van der Waals surface area (Å²) in [5, 5.41) is 5.38. The van der Waals surface area contributed by atoms with E-state index in [0.29, 0.717) is 10.7 Å². The van der Waals surface area contributed by atoms with Gasteiger partial charge in [0.2, 0.25) is 0 Å². The molecule has 112 valence electrons. The number of aryl methyl sites for hydroxylation is 1. The molecule has 0 spiro atoms. The molecule has 1 heterocycles. The molecule has 0 aliphatic rings. The molecule has 0 aliphatic heterocycles. The summed E-state index contributed by atoms with van der Waals surface area (Å²) >= 11 is 1.44. The van der Waals surface area contributed by atoms with Crippen molar-refractivity contribution in [2.45, 2.75) is 27.3 Å². The summed E-state index contributed by atoms with van der Waals surface area (Å²) in [6, 6.07) is 7.77. The van der Waals surface area contributed by atoms with E-state index in [0.717, 1.165) is 25.3 Å². The van der Waals surface area contributed by atoms with E-state index in [2.05, 4.69) is 29.0 Å². The van der Waals surface area contributed by atoms with Crippen LogP contribution in [0.1, 0.15) is 35.5 Å². The molecule has 21 heavy (non-hydrogen) atoms. The zero-order chi connectivity index (χ0) is 15.2. The molecule has 0 saturated carbocycles. The SMILES string of the molecule is CCN(CC)Cc1ccc(C(=O)Nc2nc(C)cs2)cc1. The molecular weight excluding hydrogens is 282 g/mol. The molecular formula is C16H21N3OS. The summed E-state index contributed by atoms with van der Waals surface area (Å²) < 4.78 is 0. The van der Waals surface area contributed by atoms with Crippen LogP contribution >= 0.6 is 11.3 Å². The summed E-state index contributed by atoms with van der Waals surface area (Å²) in [5.41, 5.74) is 2.80. The highest BCUT2D eigenvalue weighted by molar-refractivity contribution is 7.13. The molecule has 0 unspecified atom stereocenters. The average molecular weight is 303 g/mol. The summed E-state index contributed by atoms with van der Waals surface area (Å²) in [7, 11) is 0. The van der Waals surface area contributed by atoms with Gasteiger partial charge in [-0.25, -0.2) is 4.98 Å². The van der Waals surface area contributed by atoms with Gasteiger partial charge in [0.05, 0.1) is 5.69 Å². The van der Waals surface area contributed by atoms with E-state index in [-0.39, 0.29) is 5.91 Å². The highest BCUT2D eigenvalue weighted by Gasteiger charge is 2.08. The van der Waals surface area contributed by atoms with Crippen molar-refractivity contribution in [2.24, 2.45) is 0 Å². The van der Waals surface area contributed by atoms with Gasteiger partial charge >= 0.3 is 0 Å². The molecule has 2 rings (SSSR count). The minimum Gasteiger partial charge on any atom is -0.300 e. The van der Waals surface area contributed by atoms with Gasteiger partial charge in [0.1, 0.15) is 0 Å². The highest BCUT2D eigenvalue weighted by Crippen LogP contribution is 2.16. The van der Waals surface area contributed by atoms with E-state index in [9.17, 15) is 4.79 Å². The first kappa shape index (κ1) is 15.7. The van der Waals surface area contributed by atoms with Gasteiger partial charge in [-0.3, -0.25) is 15.0 Å². The molecule has 4 nitrogen and oxygen atoms in total. The Morgan fingerprint density at radius 3 is 2.43 bits per heavy atom. The number of nitrogens with zero attached hydrogens (tertiary/aromatic N) is 2. The minimum absolute atomic E-state index is 0.112. The maximum absolute atomic E-state index is 12.1. The predicted octanol–water partition coefficient (Wildman–Crippen LogP) is 3.55. The molecule has 5 heteroatoms. The summed E-state index contributed by atoms with van der Waals surface area (Å²) in [5.74, 6) is -0.112. The number of amides is 1. The van der Waals surface area contributed by atoms with Gasteiger partial charge in [-0.1, -0.05) is 26.0 Å². The quantitative estimate of drug-likeness (QED) is 0.887. The zero-order valence-corrected chi connectivity index (χ0v) is 13.5. The molecule has 0 saturated heterocycles. The van der Waals surface area contributed by atoms with Crippen molar-refractivity contribution in [3.63, 3.8) is 0 Å². The number of carbonyl (C=O) groups excluding carboxylic acids is 1. The smallest absolute Gasteiger partial charge is 0.257 e. The second-order valence-electron chi connectivity index (χ2n) is 4.91. The van der Waals surface area contributed by atoms with E-state index in [1.165, 1.54) is 16.9 Å². The fourth-order valence-electron chi connectivity index (χ4n) is 2.05. The summed E-state index contributed by atoms with van der Waals surface area (Å²) in [6.45, 7) is 9.20. The maximum Gasteiger partial charge on any atom is 0.257 e. The van der Waals surface area contributed by atoms with Crippen molar-refractivity contribution >= 4 is 22.4 Å². The summed E-state index contributed by atoms with van der Waals surface area (Å²) in [4.78, 5) is 18.7. The lowest BCUT2D eigenvalue weighted by atomic mass is 10.1. The third kappa shape index (κ3) is 4.37. The number of benzene rings is 1. The van der Waals surface area contributed by atoms with Gasteiger partial charge in [0.25, 0.3) is 5.91 Å². The maximum atomic E-state index is 12.1.